The summed E-state index contributed by atoms with van der Waals surface area (Å²) in [5.74, 6) is -2.37. The molecule has 0 aliphatic heterocycles. The Balaban J connectivity index is 2.01. The predicted octanol–water partition coefficient (Wildman–Crippen LogP) is 5.54. The summed E-state index contributed by atoms with van der Waals surface area (Å²) in [6, 6.07) is 9.42. The van der Waals surface area contributed by atoms with Crippen molar-refractivity contribution in [3.63, 3.8) is 0 Å². The van der Waals surface area contributed by atoms with Gasteiger partial charge < -0.3 is 5.32 Å². The zero-order valence-electron chi connectivity index (χ0n) is 10.7. The standard InChI is InChI=1S/C14H15F2NS2/c1-9-7-8-18-13(9)10(2)17-11-3-5-12(6-4-11)19-14(15)16/h3-8,10,14,17H,1-2H3. The first-order valence-electron chi connectivity index (χ1n) is 5.91. The van der Waals surface area contributed by atoms with Gasteiger partial charge in [0.15, 0.2) is 0 Å². The van der Waals surface area contributed by atoms with Gasteiger partial charge in [0.1, 0.15) is 0 Å². The maximum Gasteiger partial charge on any atom is 0.288 e. The summed E-state index contributed by atoms with van der Waals surface area (Å²) in [4.78, 5) is 1.88. The lowest BCUT2D eigenvalue weighted by molar-refractivity contribution is 0.252. The molecule has 1 aromatic carbocycles. The van der Waals surface area contributed by atoms with Gasteiger partial charge in [-0.2, -0.15) is 8.78 Å². The van der Waals surface area contributed by atoms with E-state index in [0.717, 1.165) is 5.69 Å². The maximum absolute atomic E-state index is 12.2. The summed E-state index contributed by atoms with van der Waals surface area (Å²) in [6.07, 6.45) is 0. The SMILES string of the molecule is Cc1ccsc1C(C)Nc1ccc(SC(F)F)cc1. The van der Waals surface area contributed by atoms with E-state index in [4.69, 9.17) is 0 Å². The minimum Gasteiger partial charge on any atom is -0.378 e. The molecule has 1 heterocycles. The van der Waals surface area contributed by atoms with Gasteiger partial charge in [-0.3, -0.25) is 0 Å². The van der Waals surface area contributed by atoms with Crippen molar-refractivity contribution < 1.29 is 8.78 Å². The quantitative estimate of drug-likeness (QED) is 0.727. The molecule has 0 bridgehead atoms. The van der Waals surface area contributed by atoms with Crippen molar-refractivity contribution in [3.05, 3.63) is 46.2 Å². The second-order valence-electron chi connectivity index (χ2n) is 4.24. The van der Waals surface area contributed by atoms with Crippen LogP contribution in [-0.4, -0.2) is 5.76 Å². The molecule has 1 atom stereocenters. The van der Waals surface area contributed by atoms with E-state index < -0.39 is 5.76 Å². The highest BCUT2D eigenvalue weighted by atomic mass is 32.2. The molecular weight excluding hydrogens is 284 g/mol. The first kappa shape index (κ1) is 14.3. The van der Waals surface area contributed by atoms with E-state index in [0.29, 0.717) is 16.7 Å². The minimum absolute atomic E-state index is 0.216. The van der Waals surface area contributed by atoms with Crippen LogP contribution in [0.15, 0.2) is 40.6 Å². The molecule has 1 aromatic heterocycles. The second-order valence-corrected chi connectivity index (χ2v) is 6.25. The predicted molar refractivity (Wildman–Crippen MR) is 79.4 cm³/mol. The van der Waals surface area contributed by atoms with Crippen LogP contribution in [0.2, 0.25) is 0 Å². The van der Waals surface area contributed by atoms with Gasteiger partial charge in [0.25, 0.3) is 5.76 Å². The second kappa shape index (κ2) is 6.39. The average Bonchev–Trinajstić information content (AvgIpc) is 2.77. The average molecular weight is 299 g/mol. The third-order valence-electron chi connectivity index (χ3n) is 2.76. The molecule has 2 rings (SSSR count). The fourth-order valence-electron chi connectivity index (χ4n) is 1.88. The number of thioether (sulfide) groups is 1. The van der Waals surface area contributed by atoms with E-state index in [1.165, 1.54) is 10.4 Å². The number of benzene rings is 1. The van der Waals surface area contributed by atoms with E-state index in [1.54, 1.807) is 23.5 Å². The van der Waals surface area contributed by atoms with Crippen LogP contribution in [-0.2, 0) is 0 Å². The Bertz CT molecular complexity index is 522. The molecule has 0 fully saturated rings. The van der Waals surface area contributed by atoms with Gasteiger partial charge in [-0.25, -0.2) is 0 Å². The lowest BCUT2D eigenvalue weighted by Crippen LogP contribution is -2.05. The largest absolute Gasteiger partial charge is 0.378 e. The number of halogens is 2. The number of hydrogen-bond donors (Lipinski definition) is 1. The number of nitrogens with one attached hydrogen (secondary N) is 1. The van der Waals surface area contributed by atoms with Crippen LogP contribution in [0.1, 0.15) is 23.4 Å². The number of alkyl halides is 2. The molecule has 5 heteroatoms. The molecule has 0 spiro atoms. The molecule has 1 N–H and O–H groups in total. The van der Waals surface area contributed by atoms with Crippen LogP contribution >= 0.6 is 23.1 Å². The highest BCUT2D eigenvalue weighted by Gasteiger charge is 2.10. The number of rotatable bonds is 5. The number of aryl methyl sites for hydroxylation is 1. The molecule has 102 valence electrons. The molecule has 19 heavy (non-hydrogen) atoms. The molecule has 0 amide bonds. The Morgan fingerprint density at radius 1 is 1.16 bits per heavy atom. The summed E-state index contributed by atoms with van der Waals surface area (Å²) in [5.41, 5.74) is 2.22. The topological polar surface area (TPSA) is 12.0 Å². The number of thiophene rings is 1. The van der Waals surface area contributed by atoms with E-state index in [2.05, 4.69) is 30.6 Å². The molecule has 0 aliphatic rings. The summed E-state index contributed by atoms with van der Waals surface area (Å²) in [5, 5.41) is 5.45. The van der Waals surface area contributed by atoms with Gasteiger partial charge in [-0.15, -0.1) is 11.3 Å². The molecule has 0 aliphatic carbocycles. The molecule has 0 radical (unpaired) electrons. The molecule has 1 unspecified atom stereocenters. The minimum atomic E-state index is -2.37. The van der Waals surface area contributed by atoms with Crippen molar-refractivity contribution in [2.24, 2.45) is 0 Å². The van der Waals surface area contributed by atoms with Crippen LogP contribution in [0.5, 0.6) is 0 Å². The Kier molecular flexibility index (Phi) is 4.82. The fourth-order valence-corrected chi connectivity index (χ4v) is 3.31. The third kappa shape index (κ3) is 3.94. The summed E-state index contributed by atoms with van der Waals surface area (Å²) in [7, 11) is 0. The monoisotopic (exact) mass is 299 g/mol. The summed E-state index contributed by atoms with van der Waals surface area (Å²) in [6.45, 7) is 4.19. The number of hydrogen-bond acceptors (Lipinski definition) is 3. The van der Waals surface area contributed by atoms with Gasteiger partial charge in [0.2, 0.25) is 0 Å². The van der Waals surface area contributed by atoms with Crippen molar-refractivity contribution in [2.45, 2.75) is 30.5 Å². The van der Waals surface area contributed by atoms with Gasteiger partial charge >= 0.3 is 0 Å². The molecule has 1 nitrogen and oxygen atoms in total. The zero-order chi connectivity index (χ0) is 13.8. The molecule has 0 saturated carbocycles. The van der Waals surface area contributed by atoms with Crippen LogP contribution in [0, 0.1) is 6.92 Å². The highest BCUT2D eigenvalue weighted by Crippen LogP contribution is 2.29. The summed E-state index contributed by atoms with van der Waals surface area (Å²) < 4.78 is 24.4. The first-order chi connectivity index (χ1) is 9.06. The van der Waals surface area contributed by atoms with Crippen molar-refractivity contribution >= 4 is 28.8 Å². The fraction of sp³-hybridized carbons (Fsp3) is 0.286. The van der Waals surface area contributed by atoms with Crippen LogP contribution in [0.4, 0.5) is 14.5 Å². The van der Waals surface area contributed by atoms with E-state index in [-0.39, 0.29) is 6.04 Å². The first-order valence-corrected chi connectivity index (χ1v) is 7.67. The van der Waals surface area contributed by atoms with Crippen LogP contribution in [0.3, 0.4) is 0 Å². The maximum atomic E-state index is 12.2. The van der Waals surface area contributed by atoms with Crippen LogP contribution < -0.4 is 5.32 Å². The third-order valence-corrected chi connectivity index (χ3v) is 4.68. The highest BCUT2D eigenvalue weighted by molar-refractivity contribution is 7.99. The number of anilines is 1. The Morgan fingerprint density at radius 2 is 1.84 bits per heavy atom. The van der Waals surface area contributed by atoms with Crippen molar-refractivity contribution in [3.8, 4) is 0 Å². The van der Waals surface area contributed by atoms with Gasteiger partial charge in [-0.05, 0) is 55.1 Å². The Morgan fingerprint density at radius 3 is 2.37 bits per heavy atom. The van der Waals surface area contributed by atoms with Crippen molar-refractivity contribution in [2.75, 3.05) is 5.32 Å². The smallest absolute Gasteiger partial charge is 0.288 e. The van der Waals surface area contributed by atoms with Crippen molar-refractivity contribution in [1.82, 2.24) is 0 Å². The lowest BCUT2D eigenvalue weighted by atomic mass is 10.2. The van der Waals surface area contributed by atoms with Gasteiger partial charge in [0.05, 0.1) is 6.04 Å². The molecular formula is C14H15F2NS2. The zero-order valence-corrected chi connectivity index (χ0v) is 12.3. The Hall–Kier alpha value is -1.07. The van der Waals surface area contributed by atoms with Gasteiger partial charge in [-0.1, -0.05) is 11.8 Å². The molecule has 0 saturated heterocycles. The summed E-state index contributed by atoms with van der Waals surface area (Å²) >= 11 is 2.29. The normalized spacial score (nSPS) is 12.7. The molecule has 2 aromatic rings. The van der Waals surface area contributed by atoms with E-state index in [9.17, 15) is 8.78 Å². The van der Waals surface area contributed by atoms with E-state index in [1.807, 2.05) is 12.1 Å². The Labute approximate surface area is 120 Å². The lowest BCUT2D eigenvalue weighted by Gasteiger charge is -2.15. The van der Waals surface area contributed by atoms with E-state index >= 15 is 0 Å². The van der Waals surface area contributed by atoms with Crippen molar-refractivity contribution in [1.29, 1.82) is 0 Å². The van der Waals surface area contributed by atoms with Gasteiger partial charge in [0, 0.05) is 15.5 Å². The van der Waals surface area contributed by atoms with Crippen LogP contribution in [0.25, 0.3) is 0 Å².